The Hall–Kier alpha value is -2.26. The molecular formula is C17H16ClN3. The summed E-state index contributed by atoms with van der Waals surface area (Å²) in [4.78, 5) is 4.04. The number of hydrogen-bond donors (Lipinski definition) is 1. The smallest absolute Gasteiger partial charge is 0.0573 e. The minimum atomic E-state index is 0.745. The zero-order valence-corrected chi connectivity index (χ0v) is 12.3. The number of benzene rings is 1. The number of nitrogens with one attached hydrogen (secondary N) is 1. The number of halogens is 1. The van der Waals surface area contributed by atoms with Crippen molar-refractivity contribution in [2.45, 2.75) is 6.42 Å². The van der Waals surface area contributed by atoms with Crippen molar-refractivity contribution in [3.05, 3.63) is 83.3 Å². The summed E-state index contributed by atoms with van der Waals surface area (Å²) in [5.74, 6) is 0. The molecule has 106 valence electrons. The first-order valence-corrected chi connectivity index (χ1v) is 7.22. The number of hydrogen-bond acceptors (Lipinski definition) is 3. The van der Waals surface area contributed by atoms with E-state index in [0.717, 1.165) is 23.7 Å². The van der Waals surface area contributed by atoms with Crippen LogP contribution in [0.5, 0.6) is 0 Å². The minimum Gasteiger partial charge on any atom is -0.299 e. The Morgan fingerprint density at radius 3 is 2.52 bits per heavy atom. The molecule has 1 aromatic heterocycles. The second-order valence-corrected chi connectivity index (χ2v) is 5.33. The van der Waals surface area contributed by atoms with Gasteiger partial charge in [0, 0.05) is 23.6 Å². The van der Waals surface area contributed by atoms with Crippen LogP contribution in [0.1, 0.15) is 5.56 Å². The average Bonchev–Trinajstić information content (AvgIpc) is 2.53. The molecule has 3 nitrogen and oxygen atoms in total. The predicted octanol–water partition coefficient (Wildman–Crippen LogP) is 4.06. The fourth-order valence-corrected chi connectivity index (χ4v) is 2.30. The molecule has 0 unspecified atom stereocenters. The summed E-state index contributed by atoms with van der Waals surface area (Å²) in [6.45, 7) is 0.833. The van der Waals surface area contributed by atoms with Crippen LogP contribution in [0.25, 0.3) is 0 Å². The zero-order chi connectivity index (χ0) is 14.5. The van der Waals surface area contributed by atoms with Crippen LogP contribution in [-0.4, -0.2) is 16.5 Å². The molecule has 3 rings (SSSR count). The second-order valence-electron chi connectivity index (χ2n) is 4.90. The van der Waals surface area contributed by atoms with Crippen molar-refractivity contribution in [2.75, 3.05) is 12.0 Å². The Morgan fingerprint density at radius 2 is 1.86 bits per heavy atom. The molecule has 0 atom stereocenters. The van der Waals surface area contributed by atoms with Crippen molar-refractivity contribution in [3.63, 3.8) is 0 Å². The fraction of sp³-hybridized carbons (Fsp3) is 0.118. The zero-order valence-electron chi connectivity index (χ0n) is 11.5. The Morgan fingerprint density at radius 1 is 1.10 bits per heavy atom. The van der Waals surface area contributed by atoms with E-state index in [1.807, 2.05) is 53.8 Å². The van der Waals surface area contributed by atoms with Gasteiger partial charge in [-0.1, -0.05) is 17.7 Å². The molecular weight excluding hydrogens is 282 g/mol. The van der Waals surface area contributed by atoms with Crippen LogP contribution in [0.2, 0.25) is 5.02 Å². The van der Waals surface area contributed by atoms with Gasteiger partial charge in [0.05, 0.1) is 12.2 Å². The third-order valence-electron chi connectivity index (χ3n) is 3.29. The van der Waals surface area contributed by atoms with E-state index < -0.39 is 0 Å². The average molecular weight is 298 g/mol. The monoisotopic (exact) mass is 297 g/mol. The maximum atomic E-state index is 5.88. The van der Waals surface area contributed by atoms with E-state index in [-0.39, 0.29) is 0 Å². The van der Waals surface area contributed by atoms with Crippen LogP contribution in [0, 0.1) is 0 Å². The molecule has 1 aliphatic rings. The van der Waals surface area contributed by atoms with Crippen molar-refractivity contribution in [1.82, 2.24) is 9.99 Å². The topological polar surface area (TPSA) is 28.2 Å². The van der Waals surface area contributed by atoms with Crippen LogP contribution < -0.4 is 5.43 Å². The van der Waals surface area contributed by atoms with Crippen molar-refractivity contribution in [2.24, 2.45) is 0 Å². The van der Waals surface area contributed by atoms with Crippen LogP contribution in [-0.2, 0) is 6.42 Å². The van der Waals surface area contributed by atoms with E-state index in [1.54, 1.807) is 0 Å². The molecule has 1 aliphatic heterocycles. The highest BCUT2D eigenvalue weighted by molar-refractivity contribution is 6.30. The quantitative estimate of drug-likeness (QED) is 0.922. The molecule has 0 amide bonds. The van der Waals surface area contributed by atoms with E-state index in [9.17, 15) is 0 Å². The Bertz CT molecular complexity index is 647. The molecule has 2 aromatic rings. The minimum absolute atomic E-state index is 0.745. The summed E-state index contributed by atoms with van der Waals surface area (Å²) in [5.41, 5.74) is 6.94. The van der Waals surface area contributed by atoms with Gasteiger partial charge in [-0.2, -0.15) is 0 Å². The van der Waals surface area contributed by atoms with Crippen molar-refractivity contribution < 1.29 is 0 Å². The van der Waals surface area contributed by atoms with Crippen LogP contribution >= 0.6 is 11.6 Å². The highest BCUT2D eigenvalue weighted by Gasteiger charge is 2.05. The maximum absolute atomic E-state index is 5.88. The summed E-state index contributed by atoms with van der Waals surface area (Å²) < 4.78 is 0. The van der Waals surface area contributed by atoms with Crippen molar-refractivity contribution in [3.8, 4) is 0 Å². The molecule has 1 N–H and O–H groups in total. The van der Waals surface area contributed by atoms with E-state index in [0.29, 0.717) is 0 Å². The molecule has 0 saturated heterocycles. The molecule has 21 heavy (non-hydrogen) atoms. The van der Waals surface area contributed by atoms with Gasteiger partial charge in [0.15, 0.2) is 0 Å². The molecule has 0 saturated carbocycles. The largest absolute Gasteiger partial charge is 0.299 e. The lowest BCUT2D eigenvalue weighted by molar-refractivity contribution is 0.492. The maximum Gasteiger partial charge on any atom is 0.0573 e. The first-order valence-electron chi connectivity index (χ1n) is 6.84. The van der Waals surface area contributed by atoms with Gasteiger partial charge >= 0.3 is 0 Å². The summed E-state index contributed by atoms with van der Waals surface area (Å²) in [6, 6.07) is 11.8. The number of anilines is 1. The highest BCUT2D eigenvalue weighted by atomic mass is 35.5. The molecule has 0 radical (unpaired) electrons. The Labute approximate surface area is 129 Å². The number of rotatable bonds is 4. The molecule has 1 aromatic carbocycles. The van der Waals surface area contributed by atoms with Gasteiger partial charge in [-0.15, -0.1) is 0 Å². The third kappa shape index (κ3) is 3.86. The summed E-state index contributed by atoms with van der Waals surface area (Å²) >= 11 is 5.88. The molecule has 0 fully saturated rings. The van der Waals surface area contributed by atoms with Crippen LogP contribution in [0.15, 0.2) is 72.7 Å². The lowest BCUT2D eigenvalue weighted by Gasteiger charge is -2.24. The van der Waals surface area contributed by atoms with Gasteiger partial charge in [0.25, 0.3) is 0 Å². The summed E-state index contributed by atoms with van der Waals surface area (Å²) in [5, 5.41) is 2.79. The number of aromatic nitrogens is 1. The van der Waals surface area contributed by atoms with Crippen LogP contribution in [0.3, 0.4) is 0 Å². The first-order chi connectivity index (χ1) is 10.3. The normalized spacial score (nSPS) is 14.0. The number of hydrazine groups is 1. The lowest BCUT2D eigenvalue weighted by Crippen LogP contribution is -2.26. The number of nitrogens with zero attached hydrogens (tertiary/aromatic N) is 2. The molecule has 0 spiro atoms. The summed E-state index contributed by atoms with van der Waals surface area (Å²) in [6.07, 6.45) is 11.0. The highest BCUT2D eigenvalue weighted by Crippen LogP contribution is 2.17. The Balaban J connectivity index is 1.57. The fourth-order valence-electron chi connectivity index (χ4n) is 2.17. The molecule has 2 heterocycles. The van der Waals surface area contributed by atoms with Gasteiger partial charge in [0.2, 0.25) is 0 Å². The molecule has 0 aliphatic carbocycles. The first kappa shape index (κ1) is 13.7. The number of allylic oxidation sites excluding steroid dienone is 2. The van der Waals surface area contributed by atoms with Crippen molar-refractivity contribution >= 4 is 17.3 Å². The van der Waals surface area contributed by atoms with Gasteiger partial charge in [-0.3, -0.25) is 15.4 Å². The standard InChI is InChI=1S/C17H16ClN3/c18-16-1-3-17(4-2-16)20-21-11-7-15(8-12-21)13-14-5-9-19-10-6-14/h1-11,20H,12-13H2. The SMILES string of the molecule is Clc1ccc(NN2C=CC(Cc3ccncc3)=CC2)cc1. The van der Waals surface area contributed by atoms with Gasteiger partial charge in [0.1, 0.15) is 0 Å². The molecule has 0 bridgehead atoms. The van der Waals surface area contributed by atoms with E-state index in [2.05, 4.69) is 28.8 Å². The Kier molecular flexibility index (Phi) is 4.22. The van der Waals surface area contributed by atoms with E-state index in [1.165, 1.54) is 11.1 Å². The van der Waals surface area contributed by atoms with E-state index >= 15 is 0 Å². The van der Waals surface area contributed by atoms with E-state index in [4.69, 9.17) is 11.6 Å². The number of pyridine rings is 1. The lowest BCUT2D eigenvalue weighted by atomic mass is 10.0. The van der Waals surface area contributed by atoms with Crippen LogP contribution in [0.4, 0.5) is 5.69 Å². The summed E-state index contributed by atoms with van der Waals surface area (Å²) in [7, 11) is 0. The third-order valence-corrected chi connectivity index (χ3v) is 3.55. The second kappa shape index (κ2) is 6.46. The molecule has 4 heteroatoms. The van der Waals surface area contributed by atoms with Gasteiger partial charge in [-0.05, 0) is 60.0 Å². The van der Waals surface area contributed by atoms with Crippen molar-refractivity contribution in [1.29, 1.82) is 0 Å². The predicted molar refractivity (Wildman–Crippen MR) is 86.9 cm³/mol. The van der Waals surface area contributed by atoms with Gasteiger partial charge < -0.3 is 0 Å². The van der Waals surface area contributed by atoms with Gasteiger partial charge in [-0.25, -0.2) is 0 Å².